The lowest BCUT2D eigenvalue weighted by atomic mass is 9.72. The van der Waals surface area contributed by atoms with Crippen LogP contribution in [-0.2, 0) is 17.6 Å². The van der Waals surface area contributed by atoms with Crippen LogP contribution in [0.2, 0.25) is 5.02 Å². The molecule has 198 valence electrons. The summed E-state index contributed by atoms with van der Waals surface area (Å²) >= 11 is 6.52. The van der Waals surface area contributed by atoms with E-state index >= 15 is 0 Å². The Morgan fingerprint density at radius 1 is 1.11 bits per heavy atom. The van der Waals surface area contributed by atoms with Crippen LogP contribution in [0.15, 0.2) is 42.6 Å². The third-order valence-corrected chi connectivity index (χ3v) is 7.90. The second-order valence-electron chi connectivity index (χ2n) is 10.1. The topological polar surface area (TPSA) is 62.7 Å². The second kappa shape index (κ2) is 12.2. The molecule has 2 heterocycles. The average molecular weight is 531 g/mol. The first-order chi connectivity index (χ1) is 17.8. The van der Waals surface area contributed by atoms with Crippen molar-refractivity contribution in [2.75, 3.05) is 26.7 Å². The third kappa shape index (κ3) is 7.17. The summed E-state index contributed by atoms with van der Waals surface area (Å²) in [5.74, 6) is -1.12. The van der Waals surface area contributed by atoms with Crippen LogP contribution >= 0.6 is 11.6 Å². The van der Waals surface area contributed by atoms with Crippen molar-refractivity contribution >= 4 is 28.5 Å². The summed E-state index contributed by atoms with van der Waals surface area (Å²) in [4.78, 5) is 18.5. The van der Waals surface area contributed by atoms with Crippen molar-refractivity contribution in [3.05, 3.63) is 70.4 Å². The summed E-state index contributed by atoms with van der Waals surface area (Å²) in [7, 11) is 1.63. The number of carboxylic acids is 1. The van der Waals surface area contributed by atoms with Crippen LogP contribution in [0, 0.1) is 17.0 Å². The van der Waals surface area contributed by atoms with Crippen molar-refractivity contribution in [3.8, 4) is 5.75 Å². The lowest BCUT2D eigenvalue weighted by Crippen LogP contribution is -2.41. The van der Waals surface area contributed by atoms with Gasteiger partial charge >= 0.3 is 5.97 Å². The van der Waals surface area contributed by atoms with E-state index in [1.165, 1.54) is 12.1 Å². The highest BCUT2D eigenvalue weighted by Gasteiger charge is 2.36. The Bertz CT molecular complexity index is 1230. The maximum absolute atomic E-state index is 13.4. The number of rotatable bonds is 11. The average Bonchev–Trinajstić information content (AvgIpc) is 2.85. The van der Waals surface area contributed by atoms with Crippen molar-refractivity contribution < 1.29 is 23.4 Å². The van der Waals surface area contributed by atoms with E-state index in [1.54, 1.807) is 13.3 Å². The normalized spacial score (nSPS) is 15.7. The number of methoxy groups -OCH3 is 1. The minimum Gasteiger partial charge on any atom is -0.497 e. The van der Waals surface area contributed by atoms with E-state index in [1.807, 2.05) is 18.2 Å². The number of nitrogens with zero attached hydrogens (tertiary/aromatic N) is 2. The van der Waals surface area contributed by atoms with Crippen molar-refractivity contribution in [2.45, 2.75) is 51.4 Å². The van der Waals surface area contributed by atoms with Crippen LogP contribution in [0.5, 0.6) is 5.75 Å². The van der Waals surface area contributed by atoms with E-state index in [4.69, 9.17) is 16.3 Å². The SMILES string of the molecule is COc1ccc2ncc(Cl)c(CCCC3(CC(=O)O)CCN(CCCc4cc(F)cc(F)c4)CC3)c2c1. The Balaban J connectivity index is 1.34. The Labute approximate surface area is 221 Å². The van der Waals surface area contributed by atoms with Crippen molar-refractivity contribution in [3.63, 3.8) is 0 Å². The Morgan fingerprint density at radius 2 is 1.84 bits per heavy atom. The Hall–Kier alpha value is -2.77. The van der Waals surface area contributed by atoms with E-state index in [0.29, 0.717) is 17.0 Å². The zero-order chi connectivity index (χ0) is 26.4. The molecule has 37 heavy (non-hydrogen) atoms. The van der Waals surface area contributed by atoms with Gasteiger partial charge in [-0.3, -0.25) is 9.78 Å². The molecular weight excluding hydrogens is 498 g/mol. The van der Waals surface area contributed by atoms with Gasteiger partial charge in [-0.05, 0) is 111 Å². The molecule has 0 aliphatic carbocycles. The molecule has 1 aliphatic rings. The number of aryl methyl sites for hydroxylation is 2. The highest BCUT2D eigenvalue weighted by molar-refractivity contribution is 6.32. The number of hydrogen-bond acceptors (Lipinski definition) is 4. The summed E-state index contributed by atoms with van der Waals surface area (Å²) in [5, 5.41) is 11.2. The first-order valence-corrected chi connectivity index (χ1v) is 13.1. The molecule has 1 N–H and O–H groups in total. The standard InChI is InChI=1S/C29H33ClF2N2O3/c1-37-23-6-7-27-25(17-23)24(26(30)19-33-27)5-2-8-29(18-28(35)36)9-12-34(13-10-29)11-3-4-20-14-21(31)16-22(32)15-20/h6-7,14-17,19H,2-5,8-13,18H2,1H3,(H,35,36). The highest BCUT2D eigenvalue weighted by Crippen LogP contribution is 2.40. The molecule has 5 nitrogen and oxygen atoms in total. The second-order valence-corrected chi connectivity index (χ2v) is 10.5. The smallest absolute Gasteiger partial charge is 0.303 e. The Kier molecular flexibility index (Phi) is 8.98. The van der Waals surface area contributed by atoms with Gasteiger partial charge in [-0.2, -0.15) is 0 Å². The third-order valence-electron chi connectivity index (χ3n) is 7.57. The maximum Gasteiger partial charge on any atom is 0.303 e. The lowest BCUT2D eigenvalue weighted by Gasteiger charge is -2.41. The lowest BCUT2D eigenvalue weighted by molar-refractivity contribution is -0.140. The molecule has 1 aliphatic heterocycles. The maximum atomic E-state index is 13.4. The highest BCUT2D eigenvalue weighted by atomic mass is 35.5. The number of ether oxygens (including phenoxy) is 1. The number of hydrogen-bond donors (Lipinski definition) is 1. The first kappa shape index (κ1) is 27.3. The zero-order valence-corrected chi connectivity index (χ0v) is 21.9. The van der Waals surface area contributed by atoms with Gasteiger partial charge in [0.05, 0.1) is 24.1 Å². The number of likely N-dealkylation sites (tertiary alicyclic amines) is 1. The number of carboxylic acid groups (broad SMARTS) is 1. The van der Waals surface area contributed by atoms with Crippen LogP contribution in [0.4, 0.5) is 8.78 Å². The number of carbonyl (C=O) groups is 1. The van der Waals surface area contributed by atoms with Crippen molar-refractivity contribution in [1.82, 2.24) is 9.88 Å². The van der Waals surface area contributed by atoms with Crippen molar-refractivity contribution in [1.29, 1.82) is 0 Å². The number of piperidine rings is 1. The van der Waals surface area contributed by atoms with Gasteiger partial charge in [0.25, 0.3) is 0 Å². The summed E-state index contributed by atoms with van der Waals surface area (Å²) in [6.45, 7) is 2.46. The van der Waals surface area contributed by atoms with Crippen LogP contribution in [0.3, 0.4) is 0 Å². The van der Waals surface area contributed by atoms with Gasteiger partial charge in [0.1, 0.15) is 17.4 Å². The van der Waals surface area contributed by atoms with Gasteiger partial charge in [-0.15, -0.1) is 0 Å². The van der Waals surface area contributed by atoms with Gasteiger partial charge in [-0.1, -0.05) is 11.6 Å². The van der Waals surface area contributed by atoms with Gasteiger partial charge < -0.3 is 14.7 Å². The van der Waals surface area contributed by atoms with E-state index in [2.05, 4.69) is 9.88 Å². The molecule has 2 aromatic carbocycles. The number of aromatic nitrogens is 1. The number of fused-ring (bicyclic) bond motifs is 1. The number of aliphatic carboxylic acids is 1. The molecular formula is C29H33ClF2N2O3. The minimum absolute atomic E-state index is 0.155. The number of benzene rings is 2. The van der Waals surface area contributed by atoms with Gasteiger partial charge in [0, 0.05) is 17.6 Å². The molecule has 1 saturated heterocycles. The fraction of sp³-hybridized carbons (Fsp3) is 0.448. The molecule has 0 unspecified atom stereocenters. The molecule has 0 amide bonds. The molecule has 0 saturated carbocycles. The molecule has 3 aromatic rings. The zero-order valence-electron chi connectivity index (χ0n) is 21.1. The van der Waals surface area contributed by atoms with E-state index in [-0.39, 0.29) is 11.8 Å². The summed E-state index contributed by atoms with van der Waals surface area (Å²) in [6, 6.07) is 9.39. The molecule has 0 bridgehead atoms. The van der Waals surface area contributed by atoms with E-state index in [0.717, 1.165) is 86.4 Å². The number of halogens is 3. The summed E-state index contributed by atoms with van der Waals surface area (Å²) in [6.07, 6.45) is 7.23. The van der Waals surface area contributed by atoms with E-state index in [9.17, 15) is 18.7 Å². The molecule has 8 heteroatoms. The molecule has 0 spiro atoms. The first-order valence-electron chi connectivity index (χ1n) is 12.8. The van der Waals surface area contributed by atoms with Crippen LogP contribution < -0.4 is 4.74 Å². The van der Waals surface area contributed by atoms with Gasteiger partial charge in [0.2, 0.25) is 0 Å². The largest absolute Gasteiger partial charge is 0.497 e. The molecule has 0 radical (unpaired) electrons. The Morgan fingerprint density at radius 3 is 2.51 bits per heavy atom. The summed E-state index contributed by atoms with van der Waals surface area (Å²) in [5.41, 5.74) is 2.28. The van der Waals surface area contributed by atoms with Crippen LogP contribution in [-0.4, -0.2) is 47.7 Å². The fourth-order valence-corrected chi connectivity index (χ4v) is 5.82. The number of pyridine rings is 1. The predicted molar refractivity (Wildman–Crippen MR) is 141 cm³/mol. The molecule has 0 atom stereocenters. The minimum atomic E-state index is -0.765. The predicted octanol–water partition coefficient (Wildman–Crippen LogP) is 6.69. The molecule has 1 aromatic heterocycles. The monoisotopic (exact) mass is 530 g/mol. The summed E-state index contributed by atoms with van der Waals surface area (Å²) < 4.78 is 32.2. The molecule has 4 rings (SSSR count). The van der Waals surface area contributed by atoms with Gasteiger partial charge in [0.15, 0.2) is 0 Å². The molecule has 1 fully saturated rings. The van der Waals surface area contributed by atoms with Gasteiger partial charge in [-0.25, -0.2) is 8.78 Å². The van der Waals surface area contributed by atoms with Crippen molar-refractivity contribution in [2.24, 2.45) is 5.41 Å². The van der Waals surface area contributed by atoms with Crippen LogP contribution in [0.25, 0.3) is 10.9 Å². The fourth-order valence-electron chi connectivity index (χ4n) is 5.57. The van der Waals surface area contributed by atoms with Crippen LogP contribution in [0.1, 0.15) is 49.7 Å². The quantitative estimate of drug-likeness (QED) is 0.299. The van der Waals surface area contributed by atoms with E-state index < -0.39 is 17.6 Å².